The van der Waals surface area contributed by atoms with E-state index in [9.17, 15) is 0 Å². The molecule has 1 aromatic heterocycles. The van der Waals surface area contributed by atoms with Crippen molar-refractivity contribution >= 4 is 0 Å². The Bertz CT molecular complexity index is 500. The number of nitrogens with one attached hydrogen (secondary N) is 2. The van der Waals surface area contributed by atoms with Gasteiger partial charge in [-0.2, -0.15) is 5.10 Å². The third kappa shape index (κ3) is 3.04. The second-order valence-corrected chi connectivity index (χ2v) is 5.40. The molecule has 0 aliphatic heterocycles. The molecule has 0 radical (unpaired) electrons. The maximum Gasteiger partial charge on any atom is 0.0695 e. The summed E-state index contributed by atoms with van der Waals surface area (Å²) >= 11 is 0. The summed E-state index contributed by atoms with van der Waals surface area (Å²) < 4.78 is 0. The third-order valence-corrected chi connectivity index (χ3v) is 4.05. The molecule has 19 heavy (non-hydrogen) atoms. The third-order valence-electron chi connectivity index (χ3n) is 4.05. The Morgan fingerprint density at radius 2 is 2.05 bits per heavy atom. The molecular weight excluding hydrogens is 234 g/mol. The van der Waals surface area contributed by atoms with Gasteiger partial charge in [-0.1, -0.05) is 49.6 Å². The van der Waals surface area contributed by atoms with Crippen LogP contribution in [-0.2, 0) is 6.54 Å². The van der Waals surface area contributed by atoms with Gasteiger partial charge in [-0.25, -0.2) is 0 Å². The standard InChI is InChI=1S/C16H21N3/c1-2-7-14(8-3-1)16-15(12-18-19-16)11-17-10-9-13-5-4-6-13/h1-3,7-8,12-13,17H,4-6,9-11H2,(H,18,19). The van der Waals surface area contributed by atoms with Crippen molar-refractivity contribution in [3.8, 4) is 11.3 Å². The lowest BCUT2D eigenvalue weighted by Gasteiger charge is -2.25. The minimum Gasteiger partial charge on any atom is -0.313 e. The molecule has 0 saturated heterocycles. The molecule has 1 heterocycles. The minimum atomic E-state index is 0.896. The van der Waals surface area contributed by atoms with Gasteiger partial charge in [-0.05, 0) is 24.4 Å². The summed E-state index contributed by atoms with van der Waals surface area (Å²) in [4.78, 5) is 0. The SMILES string of the molecule is c1ccc(-c2[nH]ncc2CNCCC2CCC2)cc1. The van der Waals surface area contributed by atoms with Crippen molar-refractivity contribution in [1.82, 2.24) is 15.5 Å². The molecule has 100 valence electrons. The highest BCUT2D eigenvalue weighted by molar-refractivity contribution is 5.62. The summed E-state index contributed by atoms with van der Waals surface area (Å²) in [6.45, 7) is 2.01. The summed E-state index contributed by atoms with van der Waals surface area (Å²) in [7, 11) is 0. The van der Waals surface area contributed by atoms with Crippen LogP contribution in [0.15, 0.2) is 36.5 Å². The van der Waals surface area contributed by atoms with Crippen LogP contribution in [0.1, 0.15) is 31.2 Å². The van der Waals surface area contributed by atoms with Crippen molar-refractivity contribution < 1.29 is 0 Å². The molecule has 1 aliphatic rings. The first-order chi connectivity index (χ1) is 9.43. The number of rotatable bonds is 6. The summed E-state index contributed by atoms with van der Waals surface area (Å²) in [6.07, 6.45) is 7.55. The Kier molecular flexibility index (Phi) is 3.94. The van der Waals surface area contributed by atoms with Gasteiger partial charge < -0.3 is 5.32 Å². The molecule has 1 saturated carbocycles. The molecule has 1 aromatic carbocycles. The largest absolute Gasteiger partial charge is 0.313 e. The summed E-state index contributed by atoms with van der Waals surface area (Å²) in [5.41, 5.74) is 3.59. The molecular formula is C16H21N3. The Hall–Kier alpha value is -1.61. The van der Waals surface area contributed by atoms with Crippen molar-refractivity contribution in [2.24, 2.45) is 5.92 Å². The summed E-state index contributed by atoms with van der Waals surface area (Å²) in [5.74, 6) is 0.977. The van der Waals surface area contributed by atoms with E-state index in [0.29, 0.717) is 0 Å². The van der Waals surface area contributed by atoms with Crippen molar-refractivity contribution in [2.45, 2.75) is 32.2 Å². The second-order valence-electron chi connectivity index (χ2n) is 5.40. The first-order valence-electron chi connectivity index (χ1n) is 7.22. The van der Waals surface area contributed by atoms with E-state index in [-0.39, 0.29) is 0 Å². The van der Waals surface area contributed by atoms with E-state index in [1.165, 1.54) is 36.8 Å². The Labute approximate surface area is 114 Å². The zero-order chi connectivity index (χ0) is 12.9. The highest BCUT2D eigenvalue weighted by Gasteiger charge is 2.16. The van der Waals surface area contributed by atoms with Gasteiger partial charge in [0, 0.05) is 12.1 Å². The molecule has 1 aliphatic carbocycles. The molecule has 3 nitrogen and oxygen atoms in total. The van der Waals surface area contributed by atoms with E-state index in [4.69, 9.17) is 0 Å². The van der Waals surface area contributed by atoms with E-state index >= 15 is 0 Å². The van der Waals surface area contributed by atoms with Gasteiger partial charge in [0.15, 0.2) is 0 Å². The number of hydrogen-bond donors (Lipinski definition) is 2. The monoisotopic (exact) mass is 255 g/mol. The van der Waals surface area contributed by atoms with E-state index in [2.05, 4.69) is 39.8 Å². The summed E-state index contributed by atoms with van der Waals surface area (Å²) in [6, 6.07) is 10.4. The highest BCUT2D eigenvalue weighted by Crippen LogP contribution is 2.28. The number of aromatic nitrogens is 2. The van der Waals surface area contributed by atoms with Crippen molar-refractivity contribution in [1.29, 1.82) is 0 Å². The molecule has 2 N–H and O–H groups in total. The number of nitrogens with zero attached hydrogens (tertiary/aromatic N) is 1. The Balaban J connectivity index is 1.55. The fourth-order valence-electron chi connectivity index (χ4n) is 2.61. The Morgan fingerprint density at radius 1 is 1.21 bits per heavy atom. The smallest absolute Gasteiger partial charge is 0.0695 e. The first-order valence-corrected chi connectivity index (χ1v) is 7.22. The quantitative estimate of drug-likeness (QED) is 0.777. The van der Waals surface area contributed by atoms with Crippen LogP contribution >= 0.6 is 0 Å². The fourth-order valence-corrected chi connectivity index (χ4v) is 2.61. The minimum absolute atomic E-state index is 0.896. The van der Waals surface area contributed by atoms with Crippen LogP contribution in [0.5, 0.6) is 0 Å². The lowest BCUT2D eigenvalue weighted by atomic mass is 9.83. The van der Waals surface area contributed by atoms with Crippen LogP contribution in [0.25, 0.3) is 11.3 Å². The van der Waals surface area contributed by atoms with Crippen molar-refractivity contribution in [3.63, 3.8) is 0 Å². The summed E-state index contributed by atoms with van der Waals surface area (Å²) in [5, 5.41) is 10.8. The zero-order valence-corrected chi connectivity index (χ0v) is 11.2. The predicted molar refractivity (Wildman–Crippen MR) is 77.7 cm³/mol. The lowest BCUT2D eigenvalue weighted by Crippen LogP contribution is -2.21. The number of aromatic amines is 1. The highest BCUT2D eigenvalue weighted by atomic mass is 15.1. The first kappa shape index (κ1) is 12.4. The van der Waals surface area contributed by atoms with Crippen LogP contribution in [0, 0.1) is 5.92 Å². The molecule has 0 spiro atoms. The van der Waals surface area contributed by atoms with Crippen LogP contribution < -0.4 is 5.32 Å². The van der Waals surface area contributed by atoms with Crippen LogP contribution in [0.4, 0.5) is 0 Å². The topological polar surface area (TPSA) is 40.7 Å². The van der Waals surface area contributed by atoms with Crippen LogP contribution in [0.3, 0.4) is 0 Å². The molecule has 1 fully saturated rings. The van der Waals surface area contributed by atoms with Gasteiger partial charge in [0.2, 0.25) is 0 Å². The van der Waals surface area contributed by atoms with Gasteiger partial charge in [0.1, 0.15) is 0 Å². The van der Waals surface area contributed by atoms with Crippen LogP contribution in [0.2, 0.25) is 0 Å². The van der Waals surface area contributed by atoms with Crippen molar-refractivity contribution in [3.05, 3.63) is 42.1 Å². The van der Waals surface area contributed by atoms with Crippen molar-refractivity contribution in [2.75, 3.05) is 6.54 Å². The second kappa shape index (κ2) is 6.02. The molecule has 0 unspecified atom stereocenters. The number of H-pyrrole nitrogens is 1. The number of benzene rings is 1. The molecule has 0 amide bonds. The van der Waals surface area contributed by atoms with E-state index < -0.39 is 0 Å². The van der Waals surface area contributed by atoms with E-state index in [1.54, 1.807) is 0 Å². The Morgan fingerprint density at radius 3 is 2.79 bits per heavy atom. The maximum atomic E-state index is 4.17. The van der Waals surface area contributed by atoms with Gasteiger partial charge >= 0.3 is 0 Å². The average Bonchev–Trinajstić information content (AvgIpc) is 2.86. The van der Waals surface area contributed by atoms with E-state index in [1.807, 2.05) is 12.3 Å². The fraction of sp³-hybridized carbons (Fsp3) is 0.438. The van der Waals surface area contributed by atoms with Gasteiger partial charge in [-0.3, -0.25) is 5.10 Å². The lowest BCUT2D eigenvalue weighted by molar-refractivity contribution is 0.292. The maximum absolute atomic E-state index is 4.17. The average molecular weight is 255 g/mol. The van der Waals surface area contributed by atoms with Gasteiger partial charge in [0.05, 0.1) is 11.9 Å². The molecule has 0 bridgehead atoms. The van der Waals surface area contributed by atoms with Gasteiger partial charge in [0.25, 0.3) is 0 Å². The molecule has 3 rings (SSSR count). The molecule has 0 atom stereocenters. The zero-order valence-electron chi connectivity index (χ0n) is 11.2. The molecule has 2 aromatic rings. The normalized spacial score (nSPS) is 15.4. The van der Waals surface area contributed by atoms with E-state index in [0.717, 1.165) is 24.7 Å². The number of hydrogen-bond acceptors (Lipinski definition) is 2. The van der Waals surface area contributed by atoms with Gasteiger partial charge in [-0.15, -0.1) is 0 Å². The van der Waals surface area contributed by atoms with Crippen LogP contribution in [-0.4, -0.2) is 16.7 Å². The predicted octanol–water partition coefficient (Wildman–Crippen LogP) is 3.36. The molecule has 3 heteroatoms.